The van der Waals surface area contributed by atoms with Gasteiger partial charge in [0.1, 0.15) is 5.69 Å². The van der Waals surface area contributed by atoms with Gasteiger partial charge in [-0.15, -0.1) is 0 Å². The second kappa shape index (κ2) is 6.50. The lowest BCUT2D eigenvalue weighted by Crippen LogP contribution is -2.30. The van der Waals surface area contributed by atoms with Crippen molar-refractivity contribution in [1.29, 1.82) is 0 Å². The molecule has 4 rings (SSSR count). The lowest BCUT2D eigenvalue weighted by Gasteiger charge is -2.15. The Balaban J connectivity index is 1.62. The monoisotopic (exact) mass is 368 g/mol. The lowest BCUT2D eigenvalue weighted by atomic mass is 9.89. The minimum Gasteiger partial charge on any atom is -0.481 e. The Morgan fingerprint density at radius 1 is 1.08 bits per heavy atom. The second-order valence-electron chi connectivity index (χ2n) is 6.59. The summed E-state index contributed by atoms with van der Waals surface area (Å²) >= 11 is 6.00. The van der Waals surface area contributed by atoms with Gasteiger partial charge in [-0.2, -0.15) is 0 Å². The van der Waals surface area contributed by atoms with E-state index in [-0.39, 0.29) is 18.4 Å². The van der Waals surface area contributed by atoms with Crippen LogP contribution < -0.4 is 0 Å². The molecule has 2 heterocycles. The molecule has 0 radical (unpaired) electrons. The number of carbonyl (C=O) groups excluding carboxylic acids is 1. The Bertz CT molecular complexity index is 983. The topological polar surface area (TPSA) is 73.4 Å². The third-order valence-corrected chi connectivity index (χ3v) is 5.20. The van der Waals surface area contributed by atoms with E-state index >= 15 is 0 Å². The highest BCUT2D eigenvalue weighted by atomic mass is 35.5. The highest BCUT2D eigenvalue weighted by molar-refractivity contribution is 6.31. The molecule has 0 bridgehead atoms. The third kappa shape index (κ3) is 2.95. The number of carboxylic acid groups (broad SMARTS) is 1. The first-order valence-corrected chi connectivity index (χ1v) is 8.76. The number of carbonyl (C=O) groups is 2. The molecule has 0 unspecified atom stereocenters. The number of aromatic amines is 1. The zero-order valence-corrected chi connectivity index (χ0v) is 14.6. The number of benzene rings is 2. The number of nitrogens with one attached hydrogen (secondary N) is 1. The first kappa shape index (κ1) is 16.7. The van der Waals surface area contributed by atoms with Gasteiger partial charge in [-0.1, -0.05) is 41.9 Å². The number of hydrogen-bond acceptors (Lipinski definition) is 2. The first-order chi connectivity index (χ1) is 12.5. The molecule has 2 aromatic carbocycles. The number of halogens is 1. The molecule has 2 N–H and O–H groups in total. The number of aromatic nitrogens is 1. The van der Waals surface area contributed by atoms with Gasteiger partial charge >= 0.3 is 5.97 Å². The zero-order chi connectivity index (χ0) is 18.3. The molecule has 2 atom stereocenters. The number of fused-ring (bicyclic) bond motifs is 1. The molecule has 26 heavy (non-hydrogen) atoms. The maximum absolute atomic E-state index is 12.9. The molecular formula is C20H17ClN2O3. The SMILES string of the molecule is O=C(O)[C@@H]1CN(C(=O)c2cc3cc(Cl)ccc3[nH]2)C[C@H]1c1ccccc1. The van der Waals surface area contributed by atoms with Gasteiger partial charge in [0.25, 0.3) is 5.91 Å². The molecule has 1 saturated heterocycles. The molecule has 6 heteroatoms. The molecule has 3 aromatic rings. The summed E-state index contributed by atoms with van der Waals surface area (Å²) in [6, 6.07) is 16.6. The summed E-state index contributed by atoms with van der Waals surface area (Å²) in [5.74, 6) is -1.89. The van der Waals surface area contributed by atoms with Gasteiger partial charge in [-0.3, -0.25) is 9.59 Å². The normalized spacial score (nSPS) is 19.8. The van der Waals surface area contributed by atoms with Crippen molar-refractivity contribution in [3.05, 3.63) is 70.9 Å². The summed E-state index contributed by atoms with van der Waals surface area (Å²) in [4.78, 5) is 29.3. The minimum absolute atomic E-state index is 0.193. The van der Waals surface area contributed by atoms with Crippen LogP contribution in [0.3, 0.4) is 0 Å². The van der Waals surface area contributed by atoms with E-state index in [4.69, 9.17) is 11.6 Å². The van der Waals surface area contributed by atoms with E-state index in [1.54, 1.807) is 23.1 Å². The number of hydrogen-bond donors (Lipinski definition) is 2. The van der Waals surface area contributed by atoms with E-state index in [9.17, 15) is 14.7 Å². The smallest absolute Gasteiger partial charge is 0.308 e. The van der Waals surface area contributed by atoms with Gasteiger partial charge in [0.15, 0.2) is 0 Å². The quantitative estimate of drug-likeness (QED) is 0.739. The maximum Gasteiger partial charge on any atom is 0.308 e. The van der Waals surface area contributed by atoms with Crippen LogP contribution in [0.15, 0.2) is 54.6 Å². The van der Waals surface area contributed by atoms with Crippen LogP contribution in [0.4, 0.5) is 0 Å². The number of amides is 1. The maximum atomic E-state index is 12.9. The van der Waals surface area contributed by atoms with E-state index < -0.39 is 11.9 Å². The van der Waals surface area contributed by atoms with Crippen molar-refractivity contribution in [2.45, 2.75) is 5.92 Å². The fourth-order valence-corrected chi connectivity index (χ4v) is 3.83. The van der Waals surface area contributed by atoms with Gasteiger partial charge in [-0.05, 0) is 29.8 Å². The molecular weight excluding hydrogens is 352 g/mol. The molecule has 1 aromatic heterocycles. The zero-order valence-electron chi connectivity index (χ0n) is 13.9. The van der Waals surface area contributed by atoms with Crippen LogP contribution in [0.5, 0.6) is 0 Å². The van der Waals surface area contributed by atoms with E-state index in [0.29, 0.717) is 17.3 Å². The fourth-order valence-electron chi connectivity index (χ4n) is 3.65. The summed E-state index contributed by atoms with van der Waals surface area (Å²) in [5.41, 5.74) is 2.21. The van der Waals surface area contributed by atoms with Crippen LogP contribution in [0.25, 0.3) is 10.9 Å². The second-order valence-corrected chi connectivity index (χ2v) is 7.02. The Kier molecular flexibility index (Phi) is 4.17. The molecule has 0 aliphatic carbocycles. The van der Waals surface area contributed by atoms with Crippen LogP contribution in [-0.2, 0) is 4.79 Å². The van der Waals surface area contributed by atoms with Crippen LogP contribution in [0.2, 0.25) is 5.02 Å². The van der Waals surface area contributed by atoms with E-state index in [1.807, 2.05) is 36.4 Å². The molecule has 1 fully saturated rings. The predicted molar refractivity (Wildman–Crippen MR) is 99.5 cm³/mol. The van der Waals surface area contributed by atoms with Gasteiger partial charge < -0.3 is 15.0 Å². The Hall–Kier alpha value is -2.79. The van der Waals surface area contributed by atoms with Crippen molar-refractivity contribution in [3.63, 3.8) is 0 Å². The van der Waals surface area contributed by atoms with Crippen molar-refractivity contribution in [3.8, 4) is 0 Å². The predicted octanol–water partition coefficient (Wildman–Crippen LogP) is 3.76. The van der Waals surface area contributed by atoms with Gasteiger partial charge in [-0.25, -0.2) is 0 Å². The van der Waals surface area contributed by atoms with Crippen LogP contribution in [-0.4, -0.2) is 40.0 Å². The van der Waals surface area contributed by atoms with Crippen LogP contribution >= 0.6 is 11.6 Å². The van der Waals surface area contributed by atoms with Gasteiger partial charge in [0.05, 0.1) is 5.92 Å². The molecule has 1 aliphatic heterocycles. The third-order valence-electron chi connectivity index (χ3n) is 4.97. The molecule has 1 aliphatic rings. The van der Waals surface area contributed by atoms with E-state index in [2.05, 4.69) is 4.98 Å². The molecule has 0 spiro atoms. The number of likely N-dealkylation sites (tertiary alicyclic amines) is 1. The molecule has 132 valence electrons. The number of nitrogens with zero attached hydrogens (tertiary/aromatic N) is 1. The summed E-state index contributed by atoms with van der Waals surface area (Å²) < 4.78 is 0. The van der Waals surface area contributed by atoms with E-state index in [0.717, 1.165) is 16.5 Å². The van der Waals surface area contributed by atoms with Crippen molar-refractivity contribution in [2.24, 2.45) is 5.92 Å². The number of H-pyrrole nitrogens is 1. The van der Waals surface area contributed by atoms with Crippen LogP contribution in [0.1, 0.15) is 22.0 Å². The highest BCUT2D eigenvalue weighted by Crippen LogP contribution is 2.34. The van der Waals surface area contributed by atoms with Crippen molar-refractivity contribution in [1.82, 2.24) is 9.88 Å². The highest BCUT2D eigenvalue weighted by Gasteiger charge is 2.40. The number of aliphatic carboxylic acids is 1. The van der Waals surface area contributed by atoms with Crippen molar-refractivity contribution >= 4 is 34.4 Å². The first-order valence-electron chi connectivity index (χ1n) is 8.38. The standard InChI is InChI=1S/C20H17ClN2O3/c21-14-6-7-17-13(8-14)9-18(22-17)19(24)23-10-15(16(11-23)20(25)26)12-4-2-1-3-5-12/h1-9,15-16,22H,10-11H2,(H,25,26)/t15-,16+/m0/s1. The Morgan fingerprint density at radius 2 is 1.85 bits per heavy atom. The largest absolute Gasteiger partial charge is 0.481 e. The molecule has 1 amide bonds. The van der Waals surface area contributed by atoms with Crippen molar-refractivity contribution in [2.75, 3.05) is 13.1 Å². The van der Waals surface area contributed by atoms with Crippen molar-refractivity contribution < 1.29 is 14.7 Å². The molecule has 0 saturated carbocycles. The summed E-state index contributed by atoms with van der Waals surface area (Å²) in [6.07, 6.45) is 0. The lowest BCUT2D eigenvalue weighted by molar-refractivity contribution is -0.141. The number of rotatable bonds is 3. The van der Waals surface area contributed by atoms with E-state index in [1.165, 1.54) is 0 Å². The molecule has 5 nitrogen and oxygen atoms in total. The van der Waals surface area contributed by atoms with Crippen LogP contribution in [0, 0.1) is 5.92 Å². The Morgan fingerprint density at radius 3 is 2.58 bits per heavy atom. The average molecular weight is 369 g/mol. The Labute approximate surface area is 155 Å². The average Bonchev–Trinajstić information content (AvgIpc) is 3.26. The summed E-state index contributed by atoms with van der Waals surface area (Å²) in [6.45, 7) is 0.583. The van der Waals surface area contributed by atoms with Gasteiger partial charge in [0, 0.05) is 34.9 Å². The fraction of sp³-hybridized carbons (Fsp3) is 0.200. The number of carboxylic acids is 1. The summed E-state index contributed by atoms with van der Waals surface area (Å²) in [5, 5.41) is 11.1. The minimum atomic E-state index is -0.877. The summed E-state index contributed by atoms with van der Waals surface area (Å²) in [7, 11) is 0. The van der Waals surface area contributed by atoms with Gasteiger partial charge in [0.2, 0.25) is 0 Å².